The SMILES string of the molecule is Cc1n[c]n(CCC(N)=O)c1C. The molecule has 1 rings (SSSR count). The van der Waals surface area contributed by atoms with Gasteiger partial charge in [0.1, 0.15) is 0 Å². The van der Waals surface area contributed by atoms with E-state index in [0.29, 0.717) is 13.0 Å². The van der Waals surface area contributed by atoms with Crippen LogP contribution in [0.1, 0.15) is 17.8 Å². The van der Waals surface area contributed by atoms with Crippen LogP contribution in [0, 0.1) is 20.2 Å². The van der Waals surface area contributed by atoms with Gasteiger partial charge >= 0.3 is 0 Å². The number of hydrogen-bond donors (Lipinski definition) is 1. The molecule has 0 bridgehead atoms. The smallest absolute Gasteiger partial charge is 0.219 e. The maximum atomic E-state index is 10.5. The Labute approximate surface area is 71.4 Å². The Morgan fingerprint density at radius 3 is 2.75 bits per heavy atom. The van der Waals surface area contributed by atoms with Gasteiger partial charge in [0, 0.05) is 18.7 Å². The number of aryl methyl sites for hydroxylation is 2. The van der Waals surface area contributed by atoms with Crippen molar-refractivity contribution in [3.05, 3.63) is 17.7 Å². The van der Waals surface area contributed by atoms with Gasteiger partial charge in [0.15, 0.2) is 6.33 Å². The molecule has 0 spiro atoms. The van der Waals surface area contributed by atoms with Gasteiger partial charge in [-0.05, 0) is 13.8 Å². The van der Waals surface area contributed by atoms with E-state index in [1.165, 1.54) is 0 Å². The Morgan fingerprint density at radius 1 is 1.67 bits per heavy atom. The lowest BCUT2D eigenvalue weighted by Gasteiger charge is -2.01. The third-order valence-corrected chi connectivity index (χ3v) is 1.85. The van der Waals surface area contributed by atoms with Crippen LogP contribution in [0.25, 0.3) is 0 Å². The summed E-state index contributed by atoms with van der Waals surface area (Å²) in [5.41, 5.74) is 6.99. The molecule has 1 aromatic heterocycles. The van der Waals surface area contributed by atoms with Crippen LogP contribution in [0.2, 0.25) is 0 Å². The van der Waals surface area contributed by atoms with Crippen molar-refractivity contribution in [2.75, 3.05) is 0 Å². The summed E-state index contributed by atoms with van der Waals surface area (Å²) in [6.45, 7) is 4.43. The summed E-state index contributed by atoms with van der Waals surface area (Å²) in [7, 11) is 0. The first kappa shape index (κ1) is 8.77. The zero-order valence-electron chi connectivity index (χ0n) is 7.29. The fourth-order valence-corrected chi connectivity index (χ4v) is 0.926. The summed E-state index contributed by atoms with van der Waals surface area (Å²) in [5.74, 6) is -0.297. The minimum atomic E-state index is -0.297. The Bertz CT molecular complexity index is 290. The molecule has 4 heteroatoms. The standard InChI is InChI=1S/C8H12N3O/c1-6-7(2)11(5-10-6)4-3-8(9)12/h3-4H2,1-2H3,(H2,9,12). The highest BCUT2D eigenvalue weighted by Gasteiger charge is 2.03. The monoisotopic (exact) mass is 166 g/mol. The van der Waals surface area contributed by atoms with Crippen LogP contribution in [0.3, 0.4) is 0 Å². The molecule has 4 nitrogen and oxygen atoms in total. The summed E-state index contributed by atoms with van der Waals surface area (Å²) >= 11 is 0. The van der Waals surface area contributed by atoms with Crippen LogP contribution in [-0.4, -0.2) is 15.5 Å². The van der Waals surface area contributed by atoms with Crippen LogP contribution >= 0.6 is 0 Å². The molecule has 0 saturated carbocycles. The summed E-state index contributed by atoms with van der Waals surface area (Å²) < 4.78 is 1.81. The number of carbonyl (C=O) groups is 1. The molecule has 0 fully saturated rings. The van der Waals surface area contributed by atoms with E-state index in [1.807, 2.05) is 13.8 Å². The van der Waals surface area contributed by atoms with Gasteiger partial charge in [-0.25, -0.2) is 4.98 Å². The van der Waals surface area contributed by atoms with Crippen molar-refractivity contribution < 1.29 is 4.79 Å². The predicted molar refractivity (Wildman–Crippen MR) is 44.3 cm³/mol. The van der Waals surface area contributed by atoms with Crippen LogP contribution in [0.5, 0.6) is 0 Å². The molecule has 0 aliphatic carbocycles. The molecule has 0 saturated heterocycles. The zero-order valence-corrected chi connectivity index (χ0v) is 7.29. The molecule has 0 aliphatic rings. The normalized spacial score (nSPS) is 10.2. The first-order chi connectivity index (χ1) is 5.61. The predicted octanol–water partition coefficient (Wildman–Crippen LogP) is 0.176. The quantitative estimate of drug-likeness (QED) is 0.696. The lowest BCUT2D eigenvalue weighted by Crippen LogP contribution is -2.14. The maximum Gasteiger partial charge on any atom is 0.219 e. The second-order valence-electron chi connectivity index (χ2n) is 2.75. The minimum absolute atomic E-state index is 0.297. The number of aromatic nitrogens is 2. The van der Waals surface area contributed by atoms with Gasteiger partial charge in [-0.3, -0.25) is 4.79 Å². The molecule has 0 aliphatic heterocycles. The molecular weight excluding hydrogens is 154 g/mol. The van der Waals surface area contributed by atoms with Crippen molar-refractivity contribution in [3.63, 3.8) is 0 Å². The van der Waals surface area contributed by atoms with E-state index in [4.69, 9.17) is 5.73 Å². The van der Waals surface area contributed by atoms with Gasteiger partial charge in [0.25, 0.3) is 0 Å². The van der Waals surface area contributed by atoms with E-state index >= 15 is 0 Å². The minimum Gasteiger partial charge on any atom is -0.370 e. The summed E-state index contributed by atoms with van der Waals surface area (Å²) in [6, 6.07) is 0. The Balaban J connectivity index is 2.63. The number of imidazole rings is 1. The summed E-state index contributed by atoms with van der Waals surface area (Å²) in [4.78, 5) is 14.4. The topological polar surface area (TPSA) is 60.9 Å². The Morgan fingerprint density at radius 2 is 2.33 bits per heavy atom. The van der Waals surface area contributed by atoms with Gasteiger partial charge in [-0.15, -0.1) is 0 Å². The first-order valence-corrected chi connectivity index (χ1v) is 3.81. The Hall–Kier alpha value is -1.32. The van der Waals surface area contributed by atoms with Gasteiger partial charge in [0.2, 0.25) is 5.91 Å². The van der Waals surface area contributed by atoms with Gasteiger partial charge in [-0.2, -0.15) is 0 Å². The fourth-order valence-electron chi connectivity index (χ4n) is 0.926. The van der Waals surface area contributed by atoms with Crippen LogP contribution in [0.4, 0.5) is 0 Å². The molecule has 1 aromatic rings. The van der Waals surface area contributed by atoms with Crippen LogP contribution in [-0.2, 0) is 11.3 Å². The molecule has 1 heterocycles. The van der Waals surface area contributed by atoms with Crippen molar-refractivity contribution in [2.24, 2.45) is 5.73 Å². The number of carbonyl (C=O) groups excluding carboxylic acids is 1. The van der Waals surface area contributed by atoms with E-state index in [0.717, 1.165) is 11.4 Å². The lowest BCUT2D eigenvalue weighted by molar-refractivity contribution is -0.118. The molecule has 2 N–H and O–H groups in total. The Kier molecular flexibility index (Phi) is 2.47. The van der Waals surface area contributed by atoms with E-state index < -0.39 is 0 Å². The molecule has 0 atom stereocenters. The second kappa shape index (κ2) is 3.38. The third-order valence-electron chi connectivity index (χ3n) is 1.85. The first-order valence-electron chi connectivity index (χ1n) is 3.81. The summed E-state index contributed by atoms with van der Waals surface area (Å²) in [6.07, 6.45) is 3.13. The van der Waals surface area contributed by atoms with E-state index in [9.17, 15) is 4.79 Å². The summed E-state index contributed by atoms with van der Waals surface area (Å²) in [5, 5.41) is 0. The zero-order chi connectivity index (χ0) is 9.14. The molecule has 12 heavy (non-hydrogen) atoms. The average Bonchev–Trinajstić information content (AvgIpc) is 2.30. The van der Waals surface area contributed by atoms with E-state index in [1.54, 1.807) is 4.57 Å². The highest BCUT2D eigenvalue weighted by Crippen LogP contribution is 2.03. The number of nitrogens with two attached hydrogens (primary N) is 1. The molecule has 0 aromatic carbocycles. The number of rotatable bonds is 3. The molecular formula is C8H12N3O. The number of amides is 1. The van der Waals surface area contributed by atoms with Crippen molar-refractivity contribution in [2.45, 2.75) is 26.8 Å². The maximum absolute atomic E-state index is 10.5. The number of hydrogen-bond acceptors (Lipinski definition) is 2. The fraction of sp³-hybridized carbons (Fsp3) is 0.500. The van der Waals surface area contributed by atoms with Crippen LogP contribution in [0.15, 0.2) is 0 Å². The largest absolute Gasteiger partial charge is 0.370 e. The van der Waals surface area contributed by atoms with Gasteiger partial charge in [0.05, 0.1) is 5.69 Å². The molecule has 0 unspecified atom stereocenters. The van der Waals surface area contributed by atoms with Crippen LogP contribution < -0.4 is 5.73 Å². The molecule has 65 valence electrons. The highest BCUT2D eigenvalue weighted by atomic mass is 16.1. The van der Waals surface area contributed by atoms with Gasteiger partial charge < -0.3 is 10.3 Å². The van der Waals surface area contributed by atoms with E-state index in [2.05, 4.69) is 11.3 Å². The van der Waals surface area contributed by atoms with Gasteiger partial charge in [-0.1, -0.05) is 0 Å². The lowest BCUT2D eigenvalue weighted by atomic mass is 10.3. The van der Waals surface area contributed by atoms with Crippen molar-refractivity contribution >= 4 is 5.91 Å². The number of nitrogens with zero attached hydrogens (tertiary/aromatic N) is 2. The highest BCUT2D eigenvalue weighted by molar-refractivity contribution is 5.73. The van der Waals surface area contributed by atoms with Crippen molar-refractivity contribution in [1.82, 2.24) is 9.55 Å². The molecule has 1 amide bonds. The van der Waals surface area contributed by atoms with Crippen molar-refractivity contribution in [1.29, 1.82) is 0 Å². The molecule has 1 radical (unpaired) electrons. The van der Waals surface area contributed by atoms with E-state index in [-0.39, 0.29) is 5.91 Å². The average molecular weight is 166 g/mol. The second-order valence-corrected chi connectivity index (χ2v) is 2.75. The van der Waals surface area contributed by atoms with Crippen molar-refractivity contribution in [3.8, 4) is 0 Å². The number of primary amides is 1. The third kappa shape index (κ3) is 1.84.